The monoisotopic (exact) mass is 259 g/mol. The summed E-state index contributed by atoms with van der Waals surface area (Å²) in [4.78, 5) is 4.35. The van der Waals surface area contributed by atoms with Crippen LogP contribution in [0.25, 0.3) is 0 Å². The maximum atomic E-state index is 5.57. The molecule has 0 radical (unpaired) electrons. The third-order valence-corrected chi connectivity index (χ3v) is 3.20. The fraction of sp³-hybridized carbons (Fsp3) is 0.429. The van der Waals surface area contributed by atoms with E-state index in [9.17, 15) is 0 Å². The van der Waals surface area contributed by atoms with E-state index >= 15 is 0 Å². The number of rotatable bonds is 5. The molecule has 1 aliphatic rings. The lowest BCUT2D eigenvalue weighted by atomic mass is 10.2. The third-order valence-electron chi connectivity index (χ3n) is 3.20. The maximum absolute atomic E-state index is 5.57. The lowest BCUT2D eigenvalue weighted by Gasteiger charge is -2.04. The molecule has 19 heavy (non-hydrogen) atoms. The molecule has 5 heteroatoms. The first-order chi connectivity index (χ1) is 9.40. The number of ether oxygens (including phenoxy) is 1. The molecule has 100 valence electrons. The van der Waals surface area contributed by atoms with Gasteiger partial charge in [0.2, 0.25) is 11.7 Å². The van der Waals surface area contributed by atoms with Crippen LogP contribution in [0.4, 0.5) is 0 Å². The number of para-hydroxylation sites is 1. The summed E-state index contributed by atoms with van der Waals surface area (Å²) < 4.78 is 10.8. The Morgan fingerprint density at radius 1 is 1.32 bits per heavy atom. The molecule has 1 saturated heterocycles. The smallest absolute Gasteiger partial charge is 0.228 e. The van der Waals surface area contributed by atoms with E-state index in [0.29, 0.717) is 24.4 Å². The number of hydrogen-bond acceptors (Lipinski definition) is 5. The molecular weight excluding hydrogens is 242 g/mol. The molecule has 1 atom stereocenters. The second-order valence-corrected chi connectivity index (χ2v) is 4.70. The molecule has 0 spiro atoms. The predicted octanol–water partition coefficient (Wildman–Crippen LogP) is 1.94. The third kappa shape index (κ3) is 3.32. The normalized spacial score (nSPS) is 18.6. The van der Waals surface area contributed by atoms with Crippen LogP contribution in [-0.4, -0.2) is 22.7 Å². The minimum Gasteiger partial charge on any atom is -0.485 e. The van der Waals surface area contributed by atoms with Gasteiger partial charge in [-0.3, -0.25) is 0 Å². The molecule has 1 aromatic carbocycles. The van der Waals surface area contributed by atoms with Crippen molar-refractivity contribution in [3.05, 3.63) is 42.0 Å². The molecule has 0 aliphatic carbocycles. The van der Waals surface area contributed by atoms with Gasteiger partial charge in [0.15, 0.2) is 6.61 Å². The van der Waals surface area contributed by atoms with Gasteiger partial charge < -0.3 is 14.6 Å². The van der Waals surface area contributed by atoms with Crippen molar-refractivity contribution in [2.24, 2.45) is 0 Å². The second kappa shape index (κ2) is 5.84. The molecule has 2 aromatic rings. The second-order valence-electron chi connectivity index (χ2n) is 4.70. The topological polar surface area (TPSA) is 60.2 Å². The van der Waals surface area contributed by atoms with Crippen molar-refractivity contribution in [3.63, 3.8) is 0 Å². The first-order valence-corrected chi connectivity index (χ1v) is 6.63. The van der Waals surface area contributed by atoms with Gasteiger partial charge in [0.05, 0.1) is 0 Å². The van der Waals surface area contributed by atoms with Crippen LogP contribution in [0.1, 0.15) is 24.6 Å². The van der Waals surface area contributed by atoms with E-state index in [1.807, 2.05) is 30.3 Å². The Bertz CT molecular complexity index is 506. The van der Waals surface area contributed by atoms with Crippen molar-refractivity contribution in [2.45, 2.75) is 31.9 Å². The van der Waals surface area contributed by atoms with E-state index in [-0.39, 0.29) is 0 Å². The van der Waals surface area contributed by atoms with E-state index in [1.54, 1.807) is 0 Å². The zero-order valence-corrected chi connectivity index (χ0v) is 10.7. The van der Waals surface area contributed by atoms with E-state index in [0.717, 1.165) is 18.7 Å². The molecule has 1 aromatic heterocycles. The first-order valence-electron chi connectivity index (χ1n) is 6.63. The Balaban J connectivity index is 1.53. The fourth-order valence-corrected chi connectivity index (χ4v) is 2.24. The zero-order valence-electron chi connectivity index (χ0n) is 10.7. The van der Waals surface area contributed by atoms with Crippen LogP contribution in [0.2, 0.25) is 0 Å². The molecule has 1 unspecified atom stereocenters. The van der Waals surface area contributed by atoms with Gasteiger partial charge in [-0.05, 0) is 31.5 Å². The van der Waals surface area contributed by atoms with Gasteiger partial charge in [-0.2, -0.15) is 4.98 Å². The number of nitrogens with one attached hydrogen (secondary N) is 1. The van der Waals surface area contributed by atoms with Crippen LogP contribution >= 0.6 is 0 Å². The average Bonchev–Trinajstić information content (AvgIpc) is 3.10. The highest BCUT2D eigenvalue weighted by Crippen LogP contribution is 2.13. The van der Waals surface area contributed by atoms with Gasteiger partial charge >= 0.3 is 0 Å². The molecule has 3 rings (SSSR count). The molecule has 5 nitrogen and oxygen atoms in total. The van der Waals surface area contributed by atoms with E-state index in [4.69, 9.17) is 9.26 Å². The van der Waals surface area contributed by atoms with Crippen LogP contribution in [0, 0.1) is 0 Å². The van der Waals surface area contributed by atoms with Gasteiger partial charge in [-0.1, -0.05) is 23.4 Å². The van der Waals surface area contributed by atoms with Gasteiger partial charge in [0.1, 0.15) is 5.75 Å². The molecule has 1 aliphatic heterocycles. The Hall–Kier alpha value is -1.88. The Morgan fingerprint density at radius 2 is 2.21 bits per heavy atom. The van der Waals surface area contributed by atoms with Crippen LogP contribution in [0.5, 0.6) is 5.75 Å². The Labute approximate surface area is 112 Å². The van der Waals surface area contributed by atoms with Crippen LogP contribution in [0.15, 0.2) is 34.9 Å². The summed E-state index contributed by atoms with van der Waals surface area (Å²) in [6.45, 7) is 1.42. The SMILES string of the molecule is c1ccc(OCc2noc(CC3CCCN3)n2)cc1. The van der Waals surface area contributed by atoms with Crippen molar-refractivity contribution in [2.75, 3.05) is 6.54 Å². The van der Waals surface area contributed by atoms with Crippen molar-refractivity contribution < 1.29 is 9.26 Å². The van der Waals surface area contributed by atoms with Gasteiger partial charge in [0.25, 0.3) is 0 Å². The molecule has 1 fully saturated rings. The number of benzene rings is 1. The van der Waals surface area contributed by atoms with Crippen LogP contribution in [0.3, 0.4) is 0 Å². The van der Waals surface area contributed by atoms with E-state index < -0.39 is 0 Å². The van der Waals surface area contributed by atoms with Crippen molar-refractivity contribution in [3.8, 4) is 5.75 Å². The summed E-state index contributed by atoms with van der Waals surface area (Å²) in [6.07, 6.45) is 3.21. The zero-order chi connectivity index (χ0) is 12.9. The van der Waals surface area contributed by atoms with Crippen LogP contribution in [-0.2, 0) is 13.0 Å². The highest BCUT2D eigenvalue weighted by Gasteiger charge is 2.18. The maximum Gasteiger partial charge on any atom is 0.228 e. The summed E-state index contributed by atoms with van der Waals surface area (Å²) in [5.41, 5.74) is 0. The van der Waals surface area contributed by atoms with Gasteiger partial charge in [0, 0.05) is 12.5 Å². The molecular formula is C14H17N3O2. The van der Waals surface area contributed by atoms with Gasteiger partial charge in [-0.15, -0.1) is 0 Å². The number of nitrogens with zero attached hydrogens (tertiary/aromatic N) is 2. The first kappa shape index (κ1) is 12.2. The van der Waals surface area contributed by atoms with Crippen molar-refractivity contribution in [1.82, 2.24) is 15.5 Å². The minimum absolute atomic E-state index is 0.339. The molecule has 0 amide bonds. The number of aromatic nitrogens is 2. The highest BCUT2D eigenvalue weighted by atomic mass is 16.5. The Morgan fingerprint density at radius 3 is 3.00 bits per heavy atom. The lowest BCUT2D eigenvalue weighted by molar-refractivity contribution is 0.284. The fourth-order valence-electron chi connectivity index (χ4n) is 2.24. The van der Waals surface area contributed by atoms with E-state index in [1.165, 1.54) is 12.8 Å². The highest BCUT2D eigenvalue weighted by molar-refractivity contribution is 5.20. The van der Waals surface area contributed by atoms with Crippen molar-refractivity contribution >= 4 is 0 Å². The predicted molar refractivity (Wildman–Crippen MR) is 69.8 cm³/mol. The molecule has 2 heterocycles. The largest absolute Gasteiger partial charge is 0.485 e. The summed E-state index contributed by atoms with van der Waals surface area (Å²) in [5, 5.41) is 7.35. The van der Waals surface area contributed by atoms with Gasteiger partial charge in [-0.25, -0.2) is 0 Å². The number of hydrogen-bond donors (Lipinski definition) is 1. The van der Waals surface area contributed by atoms with Crippen LogP contribution < -0.4 is 10.1 Å². The summed E-state index contributed by atoms with van der Waals surface area (Å²) in [6, 6.07) is 10.1. The standard InChI is InChI=1S/C14H17N3O2/c1-2-6-12(7-3-1)18-10-13-16-14(19-17-13)9-11-5-4-8-15-11/h1-3,6-7,11,15H,4-5,8-10H2. The average molecular weight is 259 g/mol. The molecule has 0 bridgehead atoms. The summed E-state index contributed by atoms with van der Waals surface area (Å²) in [5.74, 6) is 2.09. The van der Waals surface area contributed by atoms with E-state index in [2.05, 4.69) is 15.5 Å². The lowest BCUT2D eigenvalue weighted by Crippen LogP contribution is -2.23. The molecule has 1 N–H and O–H groups in total. The minimum atomic E-state index is 0.339. The quantitative estimate of drug-likeness (QED) is 0.889. The Kier molecular flexibility index (Phi) is 3.74. The summed E-state index contributed by atoms with van der Waals surface area (Å²) >= 11 is 0. The molecule has 0 saturated carbocycles. The van der Waals surface area contributed by atoms with Crippen molar-refractivity contribution in [1.29, 1.82) is 0 Å². The summed E-state index contributed by atoms with van der Waals surface area (Å²) in [7, 11) is 0.